The molecule has 0 aromatic heterocycles. The maximum absolute atomic E-state index is 13.6. The first-order valence-electron chi connectivity index (χ1n) is 6.74. The monoisotopic (exact) mass is 301 g/mol. The minimum Gasteiger partial charge on any atom is -0.380 e. The Labute approximate surface area is 122 Å². The zero-order chi connectivity index (χ0) is 16.0. The predicted molar refractivity (Wildman–Crippen MR) is 76.8 cm³/mol. The molecule has 0 aliphatic heterocycles. The summed E-state index contributed by atoms with van der Waals surface area (Å²) in [5.74, 6) is 2.73. The Bertz CT molecular complexity index is 472. The summed E-state index contributed by atoms with van der Waals surface area (Å²) in [4.78, 5) is 12.1. The predicted octanol–water partition coefficient (Wildman–Crippen LogP) is 2.04. The summed E-state index contributed by atoms with van der Waals surface area (Å²) < 4.78 is 32.5. The Hall–Kier alpha value is -1.73. The summed E-state index contributed by atoms with van der Waals surface area (Å²) in [6.45, 7) is 6.56. The lowest BCUT2D eigenvalue weighted by Gasteiger charge is -2.22. The number of amides is 1. The van der Waals surface area contributed by atoms with E-state index in [1.54, 1.807) is 0 Å². The zero-order valence-corrected chi connectivity index (χ0v) is 12.4. The number of anilines is 1. The van der Waals surface area contributed by atoms with Gasteiger partial charge in [-0.25, -0.2) is 8.78 Å². The summed E-state index contributed by atoms with van der Waals surface area (Å²) in [5.41, 5.74) is 1.34. The van der Waals surface area contributed by atoms with Crippen molar-refractivity contribution in [1.82, 2.24) is 5.32 Å². The van der Waals surface area contributed by atoms with Crippen molar-refractivity contribution in [2.45, 2.75) is 26.8 Å². The molecule has 4 N–H and O–H groups in total. The number of hydrogen-bond acceptors (Lipinski definition) is 4. The van der Waals surface area contributed by atoms with Gasteiger partial charge in [-0.05, 0) is 25.0 Å². The molecule has 1 amide bonds. The van der Waals surface area contributed by atoms with E-state index in [1.807, 2.05) is 26.2 Å². The third-order valence-corrected chi connectivity index (χ3v) is 3.07. The van der Waals surface area contributed by atoms with E-state index in [-0.39, 0.29) is 17.5 Å². The second-order valence-corrected chi connectivity index (χ2v) is 4.94. The molecule has 1 aromatic rings. The van der Waals surface area contributed by atoms with Gasteiger partial charge in [0.2, 0.25) is 0 Å². The van der Waals surface area contributed by atoms with E-state index in [0.717, 1.165) is 12.1 Å². The van der Waals surface area contributed by atoms with Crippen molar-refractivity contribution in [2.24, 2.45) is 11.8 Å². The zero-order valence-electron chi connectivity index (χ0n) is 12.4. The fourth-order valence-corrected chi connectivity index (χ4v) is 1.74. The number of hydrogen-bond donors (Lipinski definition) is 3. The number of carbonyl (C=O) groups is 1. The topological polar surface area (TPSA) is 76.4 Å². The average Bonchev–Trinajstić information content (AvgIpc) is 2.42. The highest BCUT2D eigenvalue weighted by molar-refractivity contribution is 5.94. The Morgan fingerprint density at radius 1 is 1.33 bits per heavy atom. The Kier molecular flexibility index (Phi) is 6.51. The number of rotatable bonds is 7. The largest absolute Gasteiger partial charge is 0.380 e. The van der Waals surface area contributed by atoms with Crippen LogP contribution in [0.25, 0.3) is 0 Å². The molecule has 21 heavy (non-hydrogen) atoms. The molecule has 118 valence electrons. The van der Waals surface area contributed by atoms with Crippen LogP contribution in [-0.2, 0) is 4.74 Å². The molecule has 7 heteroatoms. The van der Waals surface area contributed by atoms with Crippen LogP contribution >= 0.6 is 0 Å². The third-order valence-electron chi connectivity index (χ3n) is 3.07. The molecule has 0 aliphatic carbocycles. The van der Waals surface area contributed by atoms with Crippen LogP contribution in [0.15, 0.2) is 12.1 Å². The molecule has 1 atom stereocenters. The van der Waals surface area contributed by atoms with Gasteiger partial charge in [-0.2, -0.15) is 0 Å². The standard InChI is InChI=1S/C14H21F2N3O2/c1-4-21-7-12(8(2)3)18-14(20)9-5-10(15)13(19-17)11(16)6-9/h5-6,8,12,19H,4,7,17H2,1-3H3,(H,18,20). The SMILES string of the molecule is CCOCC(NC(=O)c1cc(F)c(NN)c(F)c1)C(C)C. The van der Waals surface area contributed by atoms with Gasteiger partial charge in [0.25, 0.3) is 5.91 Å². The molecule has 1 aromatic carbocycles. The Balaban J connectivity index is 2.87. The van der Waals surface area contributed by atoms with Crippen LogP contribution in [-0.4, -0.2) is 25.2 Å². The van der Waals surface area contributed by atoms with Crippen LogP contribution < -0.4 is 16.6 Å². The molecule has 0 radical (unpaired) electrons. The minimum atomic E-state index is -0.923. The Morgan fingerprint density at radius 2 is 1.90 bits per heavy atom. The van der Waals surface area contributed by atoms with Gasteiger partial charge in [0.1, 0.15) is 5.69 Å². The third kappa shape index (κ3) is 4.64. The molecule has 1 unspecified atom stereocenters. The summed E-state index contributed by atoms with van der Waals surface area (Å²) in [7, 11) is 0. The second-order valence-electron chi connectivity index (χ2n) is 4.94. The summed E-state index contributed by atoms with van der Waals surface area (Å²) in [5, 5.41) is 2.71. The summed E-state index contributed by atoms with van der Waals surface area (Å²) in [6, 6.07) is 1.63. The van der Waals surface area contributed by atoms with E-state index in [9.17, 15) is 13.6 Å². The van der Waals surface area contributed by atoms with E-state index >= 15 is 0 Å². The molecular weight excluding hydrogens is 280 g/mol. The smallest absolute Gasteiger partial charge is 0.251 e. The van der Waals surface area contributed by atoms with Crippen molar-refractivity contribution in [1.29, 1.82) is 0 Å². The highest BCUT2D eigenvalue weighted by Gasteiger charge is 2.19. The molecule has 0 bridgehead atoms. The van der Waals surface area contributed by atoms with E-state index in [1.165, 1.54) is 0 Å². The van der Waals surface area contributed by atoms with Crippen LogP contribution in [0.4, 0.5) is 14.5 Å². The summed E-state index contributed by atoms with van der Waals surface area (Å²) in [6.07, 6.45) is 0. The second kappa shape index (κ2) is 7.90. The highest BCUT2D eigenvalue weighted by Crippen LogP contribution is 2.20. The van der Waals surface area contributed by atoms with E-state index in [4.69, 9.17) is 10.6 Å². The first kappa shape index (κ1) is 17.3. The van der Waals surface area contributed by atoms with Crippen molar-refractivity contribution in [3.05, 3.63) is 29.3 Å². The van der Waals surface area contributed by atoms with Gasteiger partial charge in [0, 0.05) is 12.2 Å². The highest BCUT2D eigenvalue weighted by atomic mass is 19.1. The number of nitrogens with two attached hydrogens (primary N) is 1. The molecule has 0 saturated heterocycles. The molecule has 0 spiro atoms. The van der Waals surface area contributed by atoms with Crippen molar-refractivity contribution >= 4 is 11.6 Å². The van der Waals surface area contributed by atoms with Gasteiger partial charge in [-0.3, -0.25) is 10.6 Å². The quantitative estimate of drug-likeness (QED) is 0.532. The van der Waals surface area contributed by atoms with Crippen LogP contribution in [0, 0.1) is 17.6 Å². The number of carbonyl (C=O) groups excluding carboxylic acids is 1. The van der Waals surface area contributed by atoms with Crippen LogP contribution in [0.1, 0.15) is 31.1 Å². The minimum absolute atomic E-state index is 0.105. The van der Waals surface area contributed by atoms with Gasteiger partial charge < -0.3 is 15.5 Å². The molecular formula is C14H21F2N3O2. The van der Waals surface area contributed by atoms with Crippen molar-refractivity contribution in [3.8, 4) is 0 Å². The maximum Gasteiger partial charge on any atom is 0.251 e. The molecule has 0 fully saturated rings. The fraction of sp³-hybridized carbons (Fsp3) is 0.500. The number of hydrazine groups is 1. The van der Waals surface area contributed by atoms with Gasteiger partial charge in [0.15, 0.2) is 11.6 Å². The van der Waals surface area contributed by atoms with E-state index in [0.29, 0.717) is 13.2 Å². The molecule has 0 heterocycles. The average molecular weight is 301 g/mol. The van der Waals surface area contributed by atoms with Crippen LogP contribution in [0.5, 0.6) is 0 Å². The number of nitrogens with one attached hydrogen (secondary N) is 2. The number of halogens is 2. The fourth-order valence-electron chi connectivity index (χ4n) is 1.74. The molecule has 1 rings (SSSR count). The van der Waals surface area contributed by atoms with Crippen molar-refractivity contribution in [3.63, 3.8) is 0 Å². The van der Waals surface area contributed by atoms with Crippen LogP contribution in [0.3, 0.4) is 0 Å². The molecule has 0 saturated carbocycles. The summed E-state index contributed by atoms with van der Waals surface area (Å²) >= 11 is 0. The lowest BCUT2D eigenvalue weighted by molar-refractivity contribution is 0.0805. The van der Waals surface area contributed by atoms with Gasteiger partial charge in [-0.15, -0.1) is 0 Å². The van der Waals surface area contributed by atoms with Crippen LogP contribution in [0.2, 0.25) is 0 Å². The molecule has 5 nitrogen and oxygen atoms in total. The van der Waals surface area contributed by atoms with Crippen molar-refractivity contribution < 1.29 is 18.3 Å². The van der Waals surface area contributed by atoms with Crippen molar-refractivity contribution in [2.75, 3.05) is 18.6 Å². The van der Waals surface area contributed by atoms with Gasteiger partial charge in [0.05, 0.1) is 12.6 Å². The Morgan fingerprint density at radius 3 is 2.33 bits per heavy atom. The normalized spacial score (nSPS) is 12.3. The van der Waals surface area contributed by atoms with E-state index in [2.05, 4.69) is 5.32 Å². The van der Waals surface area contributed by atoms with Gasteiger partial charge in [-0.1, -0.05) is 13.8 Å². The molecule has 0 aliphatic rings. The van der Waals surface area contributed by atoms with Gasteiger partial charge >= 0.3 is 0 Å². The number of ether oxygens (including phenoxy) is 1. The van der Waals surface area contributed by atoms with E-state index < -0.39 is 23.2 Å². The number of benzene rings is 1. The first-order chi connectivity index (χ1) is 9.90. The lowest BCUT2D eigenvalue weighted by atomic mass is 10.0. The lowest BCUT2D eigenvalue weighted by Crippen LogP contribution is -2.42. The number of nitrogen functional groups attached to an aromatic ring is 1. The maximum atomic E-state index is 13.6. The first-order valence-corrected chi connectivity index (χ1v) is 6.74.